The number of rotatable bonds is 4. The predicted octanol–water partition coefficient (Wildman–Crippen LogP) is -0.301. The number of hydrogen-bond acceptors (Lipinski definition) is 5. The van der Waals surface area contributed by atoms with Crippen molar-refractivity contribution in [2.75, 3.05) is 46.1 Å². The van der Waals surface area contributed by atoms with Gasteiger partial charge in [-0.3, -0.25) is 4.79 Å². The zero-order chi connectivity index (χ0) is 20.3. The molecule has 2 aliphatic rings. The van der Waals surface area contributed by atoms with Crippen molar-refractivity contribution in [3.8, 4) is 0 Å². The SMILES string of the molecule is CN(C)C(=O)CN1[C@@H]2CN(C(=O)NCc3ccccc3)C[C@@H]2OCCS1(=O)=O. The summed E-state index contributed by atoms with van der Waals surface area (Å²) in [5.41, 5.74) is 0.973. The van der Waals surface area contributed by atoms with Gasteiger partial charge in [0.25, 0.3) is 0 Å². The lowest BCUT2D eigenvalue weighted by Gasteiger charge is -2.28. The number of nitrogens with one attached hydrogen (secondary N) is 1. The summed E-state index contributed by atoms with van der Waals surface area (Å²) in [4.78, 5) is 27.6. The summed E-state index contributed by atoms with van der Waals surface area (Å²) in [5, 5.41) is 2.85. The number of carbonyl (C=O) groups is 2. The Bertz CT molecular complexity index is 815. The number of ether oxygens (including phenoxy) is 1. The van der Waals surface area contributed by atoms with Crippen molar-refractivity contribution in [2.24, 2.45) is 0 Å². The number of sulfonamides is 1. The van der Waals surface area contributed by atoms with E-state index in [0.717, 1.165) is 5.56 Å². The molecule has 9 nitrogen and oxygen atoms in total. The maximum atomic E-state index is 12.6. The molecule has 2 saturated heterocycles. The summed E-state index contributed by atoms with van der Waals surface area (Å²) >= 11 is 0. The number of amides is 3. The molecule has 0 radical (unpaired) electrons. The lowest BCUT2D eigenvalue weighted by atomic mass is 10.2. The Morgan fingerprint density at radius 1 is 1.21 bits per heavy atom. The fraction of sp³-hybridized carbons (Fsp3) is 0.556. The fourth-order valence-corrected chi connectivity index (χ4v) is 4.83. The van der Waals surface area contributed by atoms with Crippen molar-refractivity contribution in [1.82, 2.24) is 19.4 Å². The van der Waals surface area contributed by atoms with Crippen LogP contribution in [0.5, 0.6) is 0 Å². The van der Waals surface area contributed by atoms with Gasteiger partial charge in [0.1, 0.15) is 0 Å². The third-order valence-electron chi connectivity index (χ3n) is 5.00. The highest BCUT2D eigenvalue weighted by atomic mass is 32.2. The van der Waals surface area contributed by atoms with Crippen molar-refractivity contribution in [1.29, 1.82) is 0 Å². The quantitative estimate of drug-likeness (QED) is 0.735. The second kappa shape index (κ2) is 8.46. The molecule has 154 valence electrons. The third kappa shape index (κ3) is 4.62. The van der Waals surface area contributed by atoms with Gasteiger partial charge in [0.15, 0.2) is 0 Å². The number of nitrogens with zero attached hydrogens (tertiary/aromatic N) is 3. The van der Waals surface area contributed by atoms with Crippen LogP contribution in [0.3, 0.4) is 0 Å². The van der Waals surface area contributed by atoms with Crippen LogP contribution in [-0.4, -0.2) is 92.7 Å². The molecule has 0 bridgehead atoms. The van der Waals surface area contributed by atoms with Crippen LogP contribution in [0.15, 0.2) is 30.3 Å². The van der Waals surface area contributed by atoms with Crippen LogP contribution in [-0.2, 0) is 26.1 Å². The molecule has 1 N–H and O–H groups in total. The minimum atomic E-state index is -3.64. The van der Waals surface area contributed by atoms with E-state index in [4.69, 9.17) is 4.74 Å². The summed E-state index contributed by atoms with van der Waals surface area (Å²) in [7, 11) is -0.481. The first-order valence-electron chi connectivity index (χ1n) is 9.16. The van der Waals surface area contributed by atoms with E-state index in [1.54, 1.807) is 19.0 Å². The first-order valence-corrected chi connectivity index (χ1v) is 10.8. The molecule has 1 aromatic rings. The van der Waals surface area contributed by atoms with Gasteiger partial charge in [-0.05, 0) is 5.56 Å². The van der Waals surface area contributed by atoms with Gasteiger partial charge in [-0.2, -0.15) is 4.31 Å². The first-order chi connectivity index (χ1) is 13.3. The number of urea groups is 1. The van der Waals surface area contributed by atoms with E-state index < -0.39 is 22.2 Å². The fourth-order valence-electron chi connectivity index (χ4n) is 3.37. The molecular weight excluding hydrogens is 384 g/mol. The molecule has 0 unspecified atom stereocenters. The van der Waals surface area contributed by atoms with E-state index in [2.05, 4.69) is 5.32 Å². The van der Waals surface area contributed by atoms with Gasteiger partial charge in [-0.25, -0.2) is 13.2 Å². The van der Waals surface area contributed by atoms with E-state index in [1.165, 1.54) is 9.21 Å². The normalized spacial score (nSPS) is 24.3. The lowest BCUT2D eigenvalue weighted by Crippen LogP contribution is -2.50. The van der Waals surface area contributed by atoms with Crippen molar-refractivity contribution < 1.29 is 22.7 Å². The molecule has 28 heavy (non-hydrogen) atoms. The number of fused-ring (bicyclic) bond motifs is 1. The van der Waals surface area contributed by atoms with Crippen LogP contribution in [0.2, 0.25) is 0 Å². The summed E-state index contributed by atoms with van der Waals surface area (Å²) in [6, 6.07) is 8.68. The van der Waals surface area contributed by atoms with E-state index in [1.807, 2.05) is 30.3 Å². The molecule has 0 saturated carbocycles. The number of benzene rings is 1. The topological polar surface area (TPSA) is 99.3 Å². The second-order valence-electron chi connectivity index (χ2n) is 7.18. The van der Waals surface area contributed by atoms with Crippen molar-refractivity contribution in [3.05, 3.63) is 35.9 Å². The standard InChI is InChI=1S/C18H26N4O5S/c1-20(2)17(23)13-22-15-11-21(12-16(15)27-8-9-28(22,25)26)18(24)19-10-14-6-4-3-5-7-14/h3-7,15-16H,8-13H2,1-2H3,(H,19,24)/t15-,16+/m1/s1. The zero-order valence-electron chi connectivity index (χ0n) is 16.1. The molecule has 0 aromatic heterocycles. The van der Waals surface area contributed by atoms with Crippen LogP contribution >= 0.6 is 0 Å². The number of hydrogen-bond donors (Lipinski definition) is 1. The molecule has 2 aliphatic heterocycles. The maximum Gasteiger partial charge on any atom is 0.317 e. The van der Waals surface area contributed by atoms with Crippen LogP contribution in [0, 0.1) is 0 Å². The van der Waals surface area contributed by atoms with Gasteiger partial charge in [-0.15, -0.1) is 0 Å². The molecule has 3 amide bonds. The molecular formula is C18H26N4O5S. The second-order valence-corrected chi connectivity index (χ2v) is 9.22. The number of likely N-dealkylation sites (N-methyl/N-ethyl adjacent to an activating group) is 1. The van der Waals surface area contributed by atoms with Gasteiger partial charge >= 0.3 is 6.03 Å². The van der Waals surface area contributed by atoms with Crippen molar-refractivity contribution in [2.45, 2.75) is 18.7 Å². The van der Waals surface area contributed by atoms with Crippen LogP contribution in [0.4, 0.5) is 4.79 Å². The van der Waals surface area contributed by atoms with Gasteiger partial charge in [0.2, 0.25) is 15.9 Å². The smallest absolute Gasteiger partial charge is 0.317 e. The molecule has 3 rings (SSSR count). The molecule has 1 aromatic carbocycles. The summed E-state index contributed by atoms with van der Waals surface area (Å²) in [6.45, 7) is 0.654. The van der Waals surface area contributed by atoms with Crippen molar-refractivity contribution >= 4 is 22.0 Å². The zero-order valence-corrected chi connectivity index (χ0v) is 16.9. The van der Waals surface area contributed by atoms with Gasteiger partial charge in [-0.1, -0.05) is 30.3 Å². The molecule has 2 fully saturated rings. The Labute approximate surface area is 165 Å². The van der Waals surface area contributed by atoms with Gasteiger partial charge in [0.05, 0.1) is 37.6 Å². The average molecular weight is 410 g/mol. The molecule has 2 atom stereocenters. The number of likely N-dealkylation sites (tertiary alicyclic amines) is 1. The average Bonchev–Trinajstić information content (AvgIpc) is 3.03. The number of carbonyl (C=O) groups excluding carboxylic acids is 2. The Kier molecular flexibility index (Phi) is 6.21. The van der Waals surface area contributed by atoms with Gasteiger partial charge < -0.3 is 19.9 Å². The lowest BCUT2D eigenvalue weighted by molar-refractivity contribution is -0.129. The Balaban J connectivity index is 1.69. The van der Waals surface area contributed by atoms with E-state index in [0.29, 0.717) is 6.54 Å². The highest BCUT2D eigenvalue weighted by molar-refractivity contribution is 7.89. The van der Waals surface area contributed by atoms with Crippen LogP contribution in [0.1, 0.15) is 5.56 Å². The Morgan fingerprint density at radius 2 is 1.93 bits per heavy atom. The Morgan fingerprint density at radius 3 is 2.61 bits per heavy atom. The molecule has 0 spiro atoms. The molecule has 2 heterocycles. The first kappa shape index (κ1) is 20.6. The van der Waals surface area contributed by atoms with Crippen molar-refractivity contribution in [3.63, 3.8) is 0 Å². The summed E-state index contributed by atoms with van der Waals surface area (Å²) < 4.78 is 32.2. The largest absolute Gasteiger partial charge is 0.374 e. The minimum absolute atomic E-state index is 0.0512. The Hall–Kier alpha value is -2.17. The molecule has 0 aliphatic carbocycles. The maximum absolute atomic E-state index is 12.6. The van der Waals surface area contributed by atoms with Crippen LogP contribution in [0.25, 0.3) is 0 Å². The van der Waals surface area contributed by atoms with E-state index in [-0.39, 0.29) is 43.9 Å². The summed E-state index contributed by atoms with van der Waals surface area (Å²) in [6.07, 6.45) is -0.449. The van der Waals surface area contributed by atoms with E-state index >= 15 is 0 Å². The monoisotopic (exact) mass is 410 g/mol. The highest BCUT2D eigenvalue weighted by Crippen LogP contribution is 2.25. The highest BCUT2D eigenvalue weighted by Gasteiger charge is 2.46. The minimum Gasteiger partial charge on any atom is -0.374 e. The molecule has 10 heteroatoms. The predicted molar refractivity (Wildman–Crippen MR) is 103 cm³/mol. The summed E-state index contributed by atoms with van der Waals surface area (Å²) in [5.74, 6) is -0.475. The third-order valence-corrected chi connectivity index (χ3v) is 6.80. The van der Waals surface area contributed by atoms with E-state index in [9.17, 15) is 18.0 Å². The van der Waals surface area contributed by atoms with Gasteiger partial charge in [0, 0.05) is 27.2 Å². The van der Waals surface area contributed by atoms with Crippen LogP contribution < -0.4 is 5.32 Å².